The Morgan fingerprint density at radius 2 is 1.72 bits per heavy atom. The number of aromatic nitrogens is 2. The number of aryl methyl sites for hydroxylation is 3. The van der Waals surface area contributed by atoms with Crippen molar-refractivity contribution in [2.45, 2.75) is 27.2 Å². The van der Waals surface area contributed by atoms with E-state index in [9.17, 15) is 0 Å². The Bertz CT molecular complexity index is 549. The van der Waals surface area contributed by atoms with E-state index < -0.39 is 0 Å². The summed E-state index contributed by atoms with van der Waals surface area (Å²) in [5.41, 5.74) is 2.35. The maximum atomic E-state index is 5.78. The average Bonchev–Trinajstić information content (AvgIpc) is 2.26. The number of benzene rings is 1. The molecule has 3 nitrogen and oxygen atoms in total. The van der Waals surface area contributed by atoms with E-state index in [2.05, 4.69) is 32.0 Å². The molecule has 0 aliphatic carbocycles. The fourth-order valence-electron chi connectivity index (χ4n) is 1.76. The van der Waals surface area contributed by atoms with Crippen LogP contribution in [-0.2, 0) is 6.42 Å². The predicted octanol–water partition coefficient (Wildman–Crippen LogP) is 4.21. The third-order valence-electron chi connectivity index (χ3n) is 2.45. The topological polar surface area (TPSA) is 35.0 Å². The van der Waals surface area contributed by atoms with Crippen molar-refractivity contribution < 1.29 is 4.74 Å². The second-order valence-electron chi connectivity index (χ2n) is 4.22. The van der Waals surface area contributed by atoms with E-state index in [0.717, 1.165) is 22.6 Å². The third-order valence-corrected chi connectivity index (χ3v) is 2.86. The van der Waals surface area contributed by atoms with Gasteiger partial charge in [-0.25, -0.2) is 4.98 Å². The summed E-state index contributed by atoms with van der Waals surface area (Å²) in [4.78, 5) is 8.60. The lowest BCUT2D eigenvalue weighted by molar-refractivity contribution is 0.457. The molecule has 1 aromatic carbocycles. The molecular weight excluding hydrogens is 292 g/mol. The van der Waals surface area contributed by atoms with E-state index >= 15 is 0 Å². The molecule has 0 saturated carbocycles. The van der Waals surface area contributed by atoms with Crippen LogP contribution in [0, 0.1) is 13.8 Å². The fourth-order valence-corrected chi connectivity index (χ4v) is 2.17. The molecule has 0 aliphatic heterocycles. The molecule has 2 aromatic rings. The summed E-state index contributed by atoms with van der Waals surface area (Å²) in [5, 5.41) is 0. The maximum Gasteiger partial charge on any atom is 0.223 e. The molecule has 1 aromatic heterocycles. The number of nitrogens with zero attached hydrogens (tertiary/aromatic N) is 2. The van der Waals surface area contributed by atoms with Gasteiger partial charge in [0.05, 0.1) is 0 Å². The molecule has 0 aliphatic rings. The minimum Gasteiger partial charge on any atom is -0.439 e. The number of hydrogen-bond donors (Lipinski definition) is 0. The third kappa shape index (κ3) is 3.29. The Morgan fingerprint density at radius 3 is 2.33 bits per heavy atom. The van der Waals surface area contributed by atoms with Crippen molar-refractivity contribution in [3.63, 3.8) is 0 Å². The summed E-state index contributed by atoms with van der Waals surface area (Å²) in [7, 11) is 0. The quantitative estimate of drug-likeness (QED) is 0.797. The minimum absolute atomic E-state index is 0.568. The molecular formula is C14H15BrN2O. The van der Waals surface area contributed by atoms with Crippen LogP contribution in [0.5, 0.6) is 11.6 Å². The molecule has 0 unspecified atom stereocenters. The second kappa shape index (κ2) is 5.48. The first-order valence-corrected chi connectivity index (χ1v) is 6.65. The van der Waals surface area contributed by atoms with Crippen molar-refractivity contribution in [1.29, 1.82) is 0 Å². The second-order valence-corrected chi connectivity index (χ2v) is 5.04. The Morgan fingerprint density at radius 1 is 1.06 bits per heavy atom. The molecule has 2 rings (SSSR count). The molecule has 0 radical (unpaired) electrons. The van der Waals surface area contributed by atoms with Crippen LogP contribution in [0.25, 0.3) is 0 Å². The van der Waals surface area contributed by atoms with Crippen LogP contribution in [0.4, 0.5) is 0 Å². The van der Waals surface area contributed by atoms with Gasteiger partial charge in [0.1, 0.15) is 16.2 Å². The van der Waals surface area contributed by atoms with Gasteiger partial charge in [-0.3, -0.25) is 0 Å². The molecule has 0 amide bonds. The first kappa shape index (κ1) is 13.0. The van der Waals surface area contributed by atoms with Gasteiger partial charge in [0, 0.05) is 12.5 Å². The van der Waals surface area contributed by atoms with Gasteiger partial charge >= 0.3 is 0 Å². The highest BCUT2D eigenvalue weighted by Crippen LogP contribution is 2.24. The van der Waals surface area contributed by atoms with Crippen molar-refractivity contribution in [2.75, 3.05) is 0 Å². The van der Waals surface area contributed by atoms with Crippen molar-refractivity contribution in [3.8, 4) is 11.6 Å². The van der Waals surface area contributed by atoms with Gasteiger partial charge in [0.25, 0.3) is 0 Å². The van der Waals surface area contributed by atoms with Gasteiger partial charge in [0.15, 0.2) is 0 Å². The van der Waals surface area contributed by atoms with Crippen LogP contribution < -0.4 is 4.74 Å². The van der Waals surface area contributed by atoms with Crippen LogP contribution in [0.2, 0.25) is 0 Å². The first-order valence-electron chi connectivity index (χ1n) is 5.86. The molecule has 1 heterocycles. The highest BCUT2D eigenvalue weighted by Gasteiger charge is 2.05. The Kier molecular flexibility index (Phi) is 3.97. The average molecular weight is 307 g/mol. The Labute approximate surface area is 115 Å². The van der Waals surface area contributed by atoms with E-state index in [1.165, 1.54) is 11.1 Å². The standard InChI is InChI=1S/C14H15BrN2O/c1-4-13-16-12(15)8-14(17-13)18-11-6-9(2)5-10(3)7-11/h5-8H,4H2,1-3H3. The predicted molar refractivity (Wildman–Crippen MR) is 75.1 cm³/mol. The van der Waals surface area contributed by atoms with E-state index in [4.69, 9.17) is 4.74 Å². The van der Waals surface area contributed by atoms with Crippen LogP contribution in [0.3, 0.4) is 0 Å². The molecule has 0 spiro atoms. The normalized spacial score (nSPS) is 10.4. The zero-order valence-electron chi connectivity index (χ0n) is 10.7. The SMILES string of the molecule is CCc1nc(Br)cc(Oc2cc(C)cc(C)c2)n1. The van der Waals surface area contributed by atoms with Crippen molar-refractivity contribution in [3.05, 3.63) is 45.8 Å². The van der Waals surface area contributed by atoms with Gasteiger partial charge in [-0.15, -0.1) is 0 Å². The van der Waals surface area contributed by atoms with Gasteiger partial charge in [-0.2, -0.15) is 4.98 Å². The minimum atomic E-state index is 0.568. The van der Waals surface area contributed by atoms with Crippen LogP contribution in [0.15, 0.2) is 28.9 Å². The maximum absolute atomic E-state index is 5.78. The fraction of sp³-hybridized carbons (Fsp3) is 0.286. The van der Waals surface area contributed by atoms with Crippen LogP contribution in [0.1, 0.15) is 23.9 Å². The van der Waals surface area contributed by atoms with Gasteiger partial charge in [0.2, 0.25) is 5.88 Å². The lowest BCUT2D eigenvalue weighted by atomic mass is 10.1. The summed E-state index contributed by atoms with van der Waals surface area (Å²) < 4.78 is 6.53. The summed E-state index contributed by atoms with van der Waals surface area (Å²) in [6.07, 6.45) is 0.780. The zero-order valence-corrected chi connectivity index (χ0v) is 12.3. The lowest BCUT2D eigenvalue weighted by Crippen LogP contribution is -1.97. The number of hydrogen-bond acceptors (Lipinski definition) is 3. The molecule has 0 fully saturated rings. The zero-order chi connectivity index (χ0) is 13.1. The van der Waals surface area contributed by atoms with E-state index in [1.54, 1.807) is 6.07 Å². The van der Waals surface area contributed by atoms with E-state index in [1.807, 2.05) is 32.9 Å². The highest BCUT2D eigenvalue weighted by atomic mass is 79.9. The summed E-state index contributed by atoms with van der Waals surface area (Å²) >= 11 is 3.36. The largest absolute Gasteiger partial charge is 0.439 e. The van der Waals surface area contributed by atoms with Crippen molar-refractivity contribution in [2.24, 2.45) is 0 Å². The molecule has 94 valence electrons. The van der Waals surface area contributed by atoms with Gasteiger partial charge in [-0.05, 0) is 53.0 Å². The summed E-state index contributed by atoms with van der Waals surface area (Å²) in [6.45, 7) is 6.11. The van der Waals surface area contributed by atoms with Crippen molar-refractivity contribution in [1.82, 2.24) is 9.97 Å². The van der Waals surface area contributed by atoms with Crippen LogP contribution >= 0.6 is 15.9 Å². The van der Waals surface area contributed by atoms with Gasteiger partial charge < -0.3 is 4.74 Å². The molecule has 18 heavy (non-hydrogen) atoms. The smallest absolute Gasteiger partial charge is 0.223 e. The Hall–Kier alpha value is -1.42. The van der Waals surface area contributed by atoms with Crippen molar-refractivity contribution >= 4 is 15.9 Å². The molecule has 4 heteroatoms. The molecule has 0 bridgehead atoms. The highest BCUT2D eigenvalue weighted by molar-refractivity contribution is 9.10. The van der Waals surface area contributed by atoms with Gasteiger partial charge in [-0.1, -0.05) is 13.0 Å². The summed E-state index contributed by atoms with van der Waals surface area (Å²) in [5.74, 6) is 2.14. The Balaban J connectivity index is 2.30. The van der Waals surface area contributed by atoms with Crippen LogP contribution in [-0.4, -0.2) is 9.97 Å². The number of halogens is 1. The monoisotopic (exact) mass is 306 g/mol. The number of ether oxygens (including phenoxy) is 1. The molecule has 0 saturated heterocycles. The summed E-state index contributed by atoms with van der Waals surface area (Å²) in [6, 6.07) is 7.88. The molecule has 0 N–H and O–H groups in total. The van der Waals surface area contributed by atoms with E-state index in [-0.39, 0.29) is 0 Å². The number of rotatable bonds is 3. The first-order chi connectivity index (χ1) is 8.56. The molecule has 0 atom stereocenters. The lowest BCUT2D eigenvalue weighted by Gasteiger charge is -2.08. The van der Waals surface area contributed by atoms with E-state index in [0.29, 0.717) is 5.88 Å².